The molecule has 2 aromatic carbocycles. The van der Waals surface area contributed by atoms with Crippen molar-refractivity contribution in [3.63, 3.8) is 0 Å². The fraction of sp³-hybridized carbons (Fsp3) is 0.111. The van der Waals surface area contributed by atoms with Gasteiger partial charge >= 0.3 is 0 Å². The number of anilines is 1. The molecule has 0 aliphatic carbocycles. The van der Waals surface area contributed by atoms with Gasteiger partial charge in [0.05, 0.1) is 0 Å². The lowest BCUT2D eigenvalue weighted by molar-refractivity contribution is -0.116. The van der Waals surface area contributed by atoms with Crippen LogP contribution in [-0.2, 0) is 17.8 Å². The van der Waals surface area contributed by atoms with Gasteiger partial charge in [0, 0.05) is 17.3 Å². The number of carbonyl (C=O) groups is 1. The highest BCUT2D eigenvalue weighted by Crippen LogP contribution is 2.19. The number of thiazole rings is 1. The van der Waals surface area contributed by atoms with Crippen molar-refractivity contribution < 1.29 is 17.2 Å². The van der Waals surface area contributed by atoms with E-state index in [1.54, 1.807) is 16.1 Å². The third kappa shape index (κ3) is 4.57. The Morgan fingerprint density at radius 1 is 1.08 bits per heavy atom. The van der Waals surface area contributed by atoms with Crippen molar-refractivity contribution in [1.82, 2.24) is 4.57 Å². The fourth-order valence-electron chi connectivity index (χ4n) is 2.38. The summed E-state index contributed by atoms with van der Waals surface area (Å²) in [5.41, 5.74) is 3.10. The van der Waals surface area contributed by atoms with Gasteiger partial charge in [0.25, 0.3) is 0 Å². The first kappa shape index (κ1) is 18.0. The summed E-state index contributed by atoms with van der Waals surface area (Å²) in [6, 6.07) is 18.0. The molecule has 1 heterocycles. The Morgan fingerprint density at radius 2 is 1.79 bits per heavy atom. The summed E-state index contributed by atoms with van der Waals surface area (Å²) < 4.78 is 1.62. The second kappa shape index (κ2) is 8.47. The zero-order chi connectivity index (χ0) is 16.1. The Hall–Kier alpha value is -2.37. The number of rotatable bonds is 5. The topological polar surface area (TPSA) is 57.9 Å². The number of aromatic nitrogens is 1. The molecule has 0 fully saturated rings. The molecule has 0 unspecified atom stereocenters. The number of carbonyl (C=O) groups excluding carboxylic acids is 1. The van der Waals surface area contributed by atoms with Gasteiger partial charge in [0.2, 0.25) is 5.91 Å². The minimum Gasteiger partial charge on any atom is -1.00 e. The quantitative estimate of drug-likeness (QED) is 0.675. The van der Waals surface area contributed by atoms with E-state index < -0.39 is 0 Å². The molecule has 3 aromatic rings. The second-order valence-corrected chi connectivity index (χ2v) is 6.10. The van der Waals surface area contributed by atoms with Crippen LogP contribution in [0.2, 0.25) is 0 Å². The van der Waals surface area contributed by atoms with E-state index in [1.165, 1.54) is 16.9 Å². The summed E-state index contributed by atoms with van der Waals surface area (Å²) in [5, 5.41) is 12.5. The zero-order valence-corrected chi connectivity index (χ0v) is 14.5. The average Bonchev–Trinajstić information content (AvgIpc) is 2.95. The summed E-state index contributed by atoms with van der Waals surface area (Å²) in [5.74, 6) is -0.123. The highest BCUT2D eigenvalue weighted by Gasteiger charge is 2.08. The molecule has 0 bridgehead atoms. The van der Waals surface area contributed by atoms with Gasteiger partial charge in [0.1, 0.15) is 6.54 Å². The molecular formula is C18H17ClN3OS-. The first-order valence-electron chi connectivity index (χ1n) is 7.32. The molecule has 6 heteroatoms. The third-order valence-electron chi connectivity index (χ3n) is 3.52. The molecule has 0 aliphatic rings. The van der Waals surface area contributed by atoms with Gasteiger partial charge < -0.3 is 22.3 Å². The first-order valence-corrected chi connectivity index (χ1v) is 8.20. The molecule has 0 radical (unpaired) electrons. The van der Waals surface area contributed by atoms with E-state index in [4.69, 9.17) is 5.41 Å². The largest absolute Gasteiger partial charge is 1.00 e. The number of nitrogens with zero attached hydrogens (tertiary/aromatic N) is 1. The number of halogens is 1. The fourth-order valence-corrected chi connectivity index (χ4v) is 2.98. The SMILES string of the molecule is N=c1sccn1CC(=O)Nc1ccccc1Cc1ccccc1.[Cl-]. The Bertz CT molecular complexity index is 858. The predicted molar refractivity (Wildman–Crippen MR) is 92.5 cm³/mol. The minimum absolute atomic E-state index is 0. The van der Waals surface area contributed by atoms with E-state index in [2.05, 4.69) is 17.4 Å². The Labute approximate surface area is 150 Å². The van der Waals surface area contributed by atoms with Crippen LogP contribution in [0.25, 0.3) is 0 Å². The number of hydrogen-bond acceptors (Lipinski definition) is 3. The lowest BCUT2D eigenvalue weighted by atomic mass is 10.0. The molecule has 0 saturated heterocycles. The molecule has 3 rings (SSSR count). The van der Waals surface area contributed by atoms with Crippen LogP contribution in [0.1, 0.15) is 11.1 Å². The minimum atomic E-state index is -0.123. The lowest BCUT2D eigenvalue weighted by Crippen LogP contribution is -3.00. The van der Waals surface area contributed by atoms with Gasteiger partial charge in [-0.2, -0.15) is 0 Å². The first-order chi connectivity index (χ1) is 11.2. The number of hydrogen-bond donors (Lipinski definition) is 2. The molecule has 24 heavy (non-hydrogen) atoms. The molecular weight excluding hydrogens is 342 g/mol. The molecule has 1 amide bonds. The molecule has 1 aromatic heterocycles. The summed E-state index contributed by atoms with van der Waals surface area (Å²) >= 11 is 1.31. The van der Waals surface area contributed by atoms with Gasteiger partial charge in [-0.25, -0.2) is 0 Å². The van der Waals surface area contributed by atoms with Crippen LogP contribution in [0.3, 0.4) is 0 Å². The van der Waals surface area contributed by atoms with Crippen molar-refractivity contribution >= 4 is 22.9 Å². The third-order valence-corrected chi connectivity index (χ3v) is 4.24. The van der Waals surface area contributed by atoms with Crippen LogP contribution in [0.5, 0.6) is 0 Å². The Morgan fingerprint density at radius 3 is 2.50 bits per heavy atom. The van der Waals surface area contributed by atoms with Crippen LogP contribution in [-0.4, -0.2) is 10.5 Å². The van der Waals surface area contributed by atoms with Gasteiger partial charge in [-0.1, -0.05) is 48.5 Å². The van der Waals surface area contributed by atoms with Crippen molar-refractivity contribution in [2.24, 2.45) is 0 Å². The lowest BCUT2D eigenvalue weighted by Gasteiger charge is -2.11. The maximum atomic E-state index is 12.2. The number of nitrogens with one attached hydrogen (secondary N) is 2. The van der Waals surface area contributed by atoms with Crippen molar-refractivity contribution in [1.29, 1.82) is 5.41 Å². The number of para-hydroxylation sites is 1. The van der Waals surface area contributed by atoms with Crippen molar-refractivity contribution in [2.75, 3.05) is 5.32 Å². The van der Waals surface area contributed by atoms with Crippen LogP contribution in [0.4, 0.5) is 5.69 Å². The van der Waals surface area contributed by atoms with Crippen molar-refractivity contribution in [3.05, 3.63) is 82.1 Å². The summed E-state index contributed by atoms with van der Waals surface area (Å²) in [4.78, 5) is 12.6. The second-order valence-electron chi connectivity index (χ2n) is 5.20. The van der Waals surface area contributed by atoms with E-state index in [0.29, 0.717) is 4.80 Å². The molecule has 124 valence electrons. The zero-order valence-electron chi connectivity index (χ0n) is 12.9. The maximum absolute atomic E-state index is 12.2. The molecule has 0 aliphatic heterocycles. The summed E-state index contributed by atoms with van der Waals surface area (Å²) in [6.45, 7) is 0.155. The standard InChI is InChI=1S/C18H17N3OS.ClH/c19-18-21(10-11-23-18)13-17(22)20-16-9-5-4-8-15(16)12-14-6-2-1-3-7-14;/h1-11,19H,12-13H2,(H,20,22);1H/p-1. The monoisotopic (exact) mass is 358 g/mol. The molecule has 0 spiro atoms. The predicted octanol–water partition coefficient (Wildman–Crippen LogP) is 0.263. The van der Waals surface area contributed by atoms with E-state index in [-0.39, 0.29) is 24.9 Å². The van der Waals surface area contributed by atoms with Crippen LogP contribution in [0.15, 0.2) is 66.2 Å². The van der Waals surface area contributed by atoms with E-state index in [9.17, 15) is 4.79 Å². The average molecular weight is 359 g/mol. The number of benzene rings is 2. The van der Waals surface area contributed by atoms with Gasteiger partial charge in [-0.05, 0) is 23.6 Å². The van der Waals surface area contributed by atoms with Crippen molar-refractivity contribution in [2.45, 2.75) is 13.0 Å². The maximum Gasteiger partial charge on any atom is 0.244 e. The molecule has 2 N–H and O–H groups in total. The highest BCUT2D eigenvalue weighted by molar-refractivity contribution is 7.06. The van der Waals surface area contributed by atoms with Crippen LogP contribution >= 0.6 is 11.3 Å². The molecule has 0 saturated carbocycles. The molecule has 0 atom stereocenters. The normalized spacial score (nSPS) is 10.0. The van der Waals surface area contributed by atoms with Gasteiger partial charge in [0.15, 0.2) is 4.80 Å². The van der Waals surface area contributed by atoms with Crippen molar-refractivity contribution in [3.8, 4) is 0 Å². The highest BCUT2D eigenvalue weighted by atomic mass is 35.5. The summed E-state index contributed by atoms with van der Waals surface area (Å²) in [6.07, 6.45) is 2.52. The Kier molecular flexibility index (Phi) is 6.35. The van der Waals surface area contributed by atoms with Gasteiger partial charge in [-0.15, -0.1) is 11.3 Å². The van der Waals surface area contributed by atoms with E-state index in [0.717, 1.165) is 17.7 Å². The number of amides is 1. The van der Waals surface area contributed by atoms with E-state index >= 15 is 0 Å². The Balaban J connectivity index is 0.00000208. The van der Waals surface area contributed by atoms with Crippen LogP contribution < -0.4 is 22.5 Å². The van der Waals surface area contributed by atoms with E-state index in [1.807, 2.05) is 42.5 Å². The van der Waals surface area contributed by atoms with Crippen LogP contribution in [0, 0.1) is 5.41 Å². The summed E-state index contributed by atoms with van der Waals surface area (Å²) in [7, 11) is 0. The smallest absolute Gasteiger partial charge is 0.244 e. The van der Waals surface area contributed by atoms with Gasteiger partial charge in [-0.3, -0.25) is 10.2 Å². The molecule has 4 nitrogen and oxygen atoms in total.